The van der Waals surface area contributed by atoms with E-state index in [1.165, 1.54) is 47.7 Å². The van der Waals surface area contributed by atoms with Gasteiger partial charge < -0.3 is 19.6 Å². The van der Waals surface area contributed by atoms with Gasteiger partial charge in [0.1, 0.15) is 17.3 Å². The average Bonchev–Trinajstić information content (AvgIpc) is 3.62. The lowest BCUT2D eigenvalue weighted by Gasteiger charge is -2.12. The first kappa shape index (κ1) is 30.3. The summed E-state index contributed by atoms with van der Waals surface area (Å²) in [5.74, 6) is 0.132. The molecule has 2 amide bonds. The molecule has 1 saturated heterocycles. The molecule has 44 heavy (non-hydrogen) atoms. The Morgan fingerprint density at radius 1 is 1.02 bits per heavy atom. The third kappa shape index (κ3) is 7.60. The quantitative estimate of drug-likeness (QED) is 0.133. The Bertz CT molecular complexity index is 1870. The highest BCUT2D eigenvalue weighted by molar-refractivity contribution is 8.18. The predicted molar refractivity (Wildman–Crippen MR) is 166 cm³/mol. The van der Waals surface area contributed by atoms with Crippen LogP contribution in [0.5, 0.6) is 11.5 Å². The van der Waals surface area contributed by atoms with Crippen LogP contribution >= 0.6 is 11.8 Å². The minimum Gasteiger partial charge on any atom is -0.507 e. The zero-order chi connectivity index (χ0) is 31.1. The molecule has 1 fully saturated rings. The van der Waals surface area contributed by atoms with Crippen LogP contribution in [0.25, 0.3) is 6.08 Å². The highest BCUT2D eigenvalue weighted by Crippen LogP contribution is 2.35. The summed E-state index contributed by atoms with van der Waals surface area (Å²) in [5, 5.41) is 26.3. The second-order valence-corrected chi connectivity index (χ2v) is 11.8. The van der Waals surface area contributed by atoms with Crippen molar-refractivity contribution < 1.29 is 32.3 Å². The van der Waals surface area contributed by atoms with Crippen molar-refractivity contribution in [1.29, 1.82) is 0 Å². The lowest BCUT2D eigenvalue weighted by Crippen LogP contribution is -2.28. The normalized spacial score (nSPS) is 15.4. The van der Waals surface area contributed by atoms with E-state index in [-0.39, 0.29) is 29.7 Å². The van der Waals surface area contributed by atoms with E-state index in [0.717, 1.165) is 11.8 Å². The Morgan fingerprint density at radius 2 is 1.75 bits per heavy atom. The summed E-state index contributed by atoms with van der Waals surface area (Å²) in [7, 11) is -3.85. The molecule has 5 rings (SSSR count). The van der Waals surface area contributed by atoms with Crippen molar-refractivity contribution in [3.63, 3.8) is 0 Å². The van der Waals surface area contributed by atoms with Gasteiger partial charge in [0.05, 0.1) is 28.8 Å². The number of anilines is 1. The Morgan fingerprint density at radius 3 is 2.45 bits per heavy atom. The molecule has 4 N–H and O–H groups in total. The van der Waals surface area contributed by atoms with Crippen LogP contribution in [0.4, 0.5) is 5.69 Å². The van der Waals surface area contributed by atoms with Gasteiger partial charge in [0.25, 0.3) is 11.8 Å². The molecule has 0 unspecified atom stereocenters. The Balaban J connectivity index is 1.32. The van der Waals surface area contributed by atoms with Crippen LogP contribution in [-0.2, 0) is 26.2 Å². The fraction of sp³-hybridized carbons (Fsp3) is 0.0667. The number of amidine groups is 1. The second-order valence-electron chi connectivity index (χ2n) is 9.21. The standard InChI is InChI=1S/C30H25N5O7S2/c31-44(39,40)24-13-11-22(12-14-24)33-28(37)19-42-26-10-4-2-6-20(26)16-27-29(38)35(18-23-8-5-15-41-23)30(43-27)34-32-17-21-7-1-3-9-25(21)36/h1-17,36H,18-19H2,(H,33,37)(H2,31,39,40)/b27-16-,32-17+,34-30-. The molecule has 12 nitrogen and oxygen atoms in total. The molecule has 1 aliphatic rings. The number of hydrogen-bond acceptors (Lipinski definition) is 10. The van der Waals surface area contributed by atoms with Crippen molar-refractivity contribution in [2.75, 3.05) is 11.9 Å². The number of ether oxygens (including phenoxy) is 1. The van der Waals surface area contributed by atoms with Crippen molar-refractivity contribution in [3.8, 4) is 11.5 Å². The minimum atomic E-state index is -3.85. The summed E-state index contributed by atoms with van der Waals surface area (Å²) in [6, 6.07) is 22.4. The van der Waals surface area contributed by atoms with Crippen LogP contribution in [-0.4, -0.2) is 48.2 Å². The largest absolute Gasteiger partial charge is 0.507 e. The van der Waals surface area contributed by atoms with Crippen molar-refractivity contribution in [2.45, 2.75) is 11.4 Å². The number of para-hydroxylation sites is 2. The zero-order valence-corrected chi connectivity index (χ0v) is 24.5. The fourth-order valence-electron chi connectivity index (χ4n) is 3.96. The number of aromatic hydroxyl groups is 1. The molecule has 14 heteroatoms. The summed E-state index contributed by atoms with van der Waals surface area (Å²) in [6.07, 6.45) is 4.54. The molecular weight excluding hydrogens is 606 g/mol. The number of nitrogens with one attached hydrogen (secondary N) is 1. The van der Waals surface area contributed by atoms with E-state index in [9.17, 15) is 23.1 Å². The number of sulfonamides is 1. The molecule has 0 spiro atoms. The third-order valence-corrected chi connectivity index (χ3v) is 8.02. The first-order chi connectivity index (χ1) is 21.2. The van der Waals surface area contributed by atoms with E-state index in [1.807, 2.05) is 0 Å². The van der Waals surface area contributed by atoms with E-state index >= 15 is 0 Å². The number of primary sulfonamides is 1. The van der Waals surface area contributed by atoms with Crippen molar-refractivity contribution in [2.24, 2.45) is 15.3 Å². The first-order valence-corrected chi connectivity index (χ1v) is 15.3. The molecule has 4 aromatic rings. The summed E-state index contributed by atoms with van der Waals surface area (Å²) in [6.45, 7) is -0.228. The number of nitrogens with zero attached hydrogens (tertiary/aromatic N) is 3. The fourth-order valence-corrected chi connectivity index (χ4v) is 5.40. The molecule has 0 atom stereocenters. The Hall–Kier alpha value is -5.18. The number of benzene rings is 3. The van der Waals surface area contributed by atoms with Gasteiger partial charge in [0.2, 0.25) is 10.0 Å². The van der Waals surface area contributed by atoms with Gasteiger partial charge in [-0.1, -0.05) is 30.3 Å². The van der Waals surface area contributed by atoms with Crippen molar-refractivity contribution in [1.82, 2.24) is 4.90 Å². The van der Waals surface area contributed by atoms with E-state index < -0.39 is 15.9 Å². The maximum Gasteiger partial charge on any atom is 0.267 e. The van der Waals surface area contributed by atoms with Crippen LogP contribution in [0.3, 0.4) is 0 Å². The predicted octanol–water partition coefficient (Wildman–Crippen LogP) is 4.16. The summed E-state index contributed by atoms with van der Waals surface area (Å²) >= 11 is 1.10. The second kappa shape index (κ2) is 13.4. The van der Waals surface area contributed by atoms with Gasteiger partial charge >= 0.3 is 0 Å². The summed E-state index contributed by atoms with van der Waals surface area (Å²) < 4.78 is 34.1. The van der Waals surface area contributed by atoms with Crippen LogP contribution in [0.1, 0.15) is 16.9 Å². The first-order valence-electron chi connectivity index (χ1n) is 12.9. The maximum atomic E-state index is 13.5. The van der Waals surface area contributed by atoms with Crippen molar-refractivity contribution in [3.05, 3.63) is 113 Å². The number of phenolic OH excluding ortho intramolecular Hbond substituents is 1. The molecule has 224 valence electrons. The third-order valence-electron chi connectivity index (χ3n) is 6.09. The number of furan rings is 1. The number of thioether (sulfide) groups is 1. The van der Waals surface area contributed by atoms with Gasteiger partial charge in [-0.2, -0.15) is 5.10 Å². The van der Waals surface area contributed by atoms with Gasteiger partial charge in [-0.25, -0.2) is 13.6 Å². The number of carbonyl (C=O) groups excluding carboxylic acids is 2. The van der Waals surface area contributed by atoms with Gasteiger partial charge in [-0.05, 0) is 72.4 Å². The molecule has 2 heterocycles. The highest BCUT2D eigenvalue weighted by Gasteiger charge is 2.34. The van der Waals surface area contributed by atoms with Crippen LogP contribution in [0.15, 0.2) is 116 Å². The molecule has 3 aromatic carbocycles. The van der Waals surface area contributed by atoms with Gasteiger partial charge in [-0.15, -0.1) is 5.10 Å². The molecule has 1 aliphatic heterocycles. The SMILES string of the molecule is NS(=O)(=O)c1ccc(NC(=O)COc2ccccc2/C=C2\S/C(=N\N=C\c3ccccc3O)N(Cc3ccco3)C2=O)cc1. The number of hydrogen-bond donors (Lipinski definition) is 3. The molecular formula is C30H25N5O7S2. The van der Waals surface area contributed by atoms with Gasteiger partial charge in [0.15, 0.2) is 11.8 Å². The number of carbonyl (C=O) groups is 2. The van der Waals surface area contributed by atoms with Gasteiger partial charge in [-0.3, -0.25) is 14.5 Å². The zero-order valence-electron chi connectivity index (χ0n) is 22.9. The number of rotatable bonds is 10. The lowest BCUT2D eigenvalue weighted by molar-refractivity contribution is -0.122. The van der Waals surface area contributed by atoms with E-state index in [1.54, 1.807) is 60.7 Å². The number of phenols is 1. The topological polar surface area (TPSA) is 177 Å². The van der Waals surface area contributed by atoms with E-state index in [0.29, 0.717) is 38.4 Å². The van der Waals surface area contributed by atoms with Crippen LogP contribution in [0, 0.1) is 0 Å². The Labute approximate surface area is 256 Å². The van der Waals surface area contributed by atoms with E-state index in [4.69, 9.17) is 14.3 Å². The average molecular weight is 632 g/mol. The Kier molecular flexibility index (Phi) is 9.23. The van der Waals surface area contributed by atoms with Crippen LogP contribution in [0.2, 0.25) is 0 Å². The smallest absolute Gasteiger partial charge is 0.267 e. The summed E-state index contributed by atoms with van der Waals surface area (Å²) in [4.78, 5) is 27.7. The minimum absolute atomic E-state index is 0.0462. The number of amides is 2. The molecule has 0 saturated carbocycles. The molecule has 0 bridgehead atoms. The maximum absolute atomic E-state index is 13.5. The van der Waals surface area contributed by atoms with E-state index in [2.05, 4.69) is 15.5 Å². The highest BCUT2D eigenvalue weighted by atomic mass is 32.2. The monoisotopic (exact) mass is 631 g/mol. The molecule has 0 radical (unpaired) electrons. The summed E-state index contributed by atoms with van der Waals surface area (Å²) in [5.41, 5.74) is 1.38. The lowest BCUT2D eigenvalue weighted by atomic mass is 10.2. The van der Waals surface area contributed by atoms with Gasteiger partial charge in [0, 0.05) is 16.8 Å². The molecule has 0 aliphatic carbocycles. The number of nitrogens with two attached hydrogens (primary N) is 1. The molecule has 1 aromatic heterocycles. The van der Waals surface area contributed by atoms with Crippen molar-refractivity contribution >= 4 is 56.7 Å². The van der Waals surface area contributed by atoms with Crippen LogP contribution < -0.4 is 15.2 Å².